The van der Waals surface area contributed by atoms with E-state index in [0.29, 0.717) is 0 Å². The highest BCUT2D eigenvalue weighted by molar-refractivity contribution is 5.94. The van der Waals surface area contributed by atoms with Crippen molar-refractivity contribution in [1.82, 2.24) is 0 Å². The second-order valence-corrected chi connectivity index (χ2v) is 6.12. The van der Waals surface area contributed by atoms with E-state index >= 15 is 0 Å². The standard InChI is InChI=1S/C20H24F3N3O/c1-4-26(5-2)15-10-11-17(14(3)12-15)24-13-19(27)25-18-9-7-6-8-16(18)20(21,22)23/h6-12,24H,4-5,13H2,1-3H3,(H,25,27). The number of nitrogens with zero attached hydrogens (tertiary/aromatic N) is 1. The smallest absolute Gasteiger partial charge is 0.376 e. The van der Waals surface area contributed by atoms with Gasteiger partial charge < -0.3 is 15.5 Å². The molecule has 7 heteroatoms. The van der Waals surface area contributed by atoms with Gasteiger partial charge in [-0.3, -0.25) is 4.79 Å². The first-order chi connectivity index (χ1) is 12.8. The number of halogens is 3. The molecule has 0 atom stereocenters. The predicted octanol–water partition coefficient (Wildman–Crippen LogP) is 4.91. The van der Waals surface area contributed by atoms with Crippen LogP contribution in [0.1, 0.15) is 25.0 Å². The Morgan fingerprint density at radius 2 is 1.70 bits per heavy atom. The second-order valence-electron chi connectivity index (χ2n) is 6.12. The van der Waals surface area contributed by atoms with Crippen molar-refractivity contribution < 1.29 is 18.0 Å². The largest absolute Gasteiger partial charge is 0.418 e. The van der Waals surface area contributed by atoms with Crippen molar-refractivity contribution in [1.29, 1.82) is 0 Å². The number of anilines is 3. The van der Waals surface area contributed by atoms with Crippen LogP contribution in [0, 0.1) is 6.92 Å². The Hall–Kier alpha value is -2.70. The minimum Gasteiger partial charge on any atom is -0.376 e. The van der Waals surface area contributed by atoms with Gasteiger partial charge in [-0.2, -0.15) is 13.2 Å². The molecule has 146 valence electrons. The van der Waals surface area contributed by atoms with Gasteiger partial charge in [-0.05, 0) is 56.7 Å². The first kappa shape index (κ1) is 20.6. The first-order valence-electron chi connectivity index (χ1n) is 8.81. The fourth-order valence-corrected chi connectivity index (χ4v) is 2.84. The molecule has 0 bridgehead atoms. The fourth-order valence-electron chi connectivity index (χ4n) is 2.84. The molecule has 2 aromatic rings. The number of nitrogens with one attached hydrogen (secondary N) is 2. The summed E-state index contributed by atoms with van der Waals surface area (Å²) in [5, 5.41) is 5.31. The molecule has 2 aromatic carbocycles. The third kappa shape index (κ3) is 5.39. The van der Waals surface area contributed by atoms with Crippen molar-refractivity contribution in [2.75, 3.05) is 35.2 Å². The third-order valence-electron chi connectivity index (χ3n) is 4.28. The highest BCUT2D eigenvalue weighted by Gasteiger charge is 2.33. The molecule has 0 aromatic heterocycles. The molecule has 0 fully saturated rings. The molecule has 0 aliphatic heterocycles. The summed E-state index contributed by atoms with van der Waals surface area (Å²) < 4.78 is 39.0. The average molecular weight is 379 g/mol. The van der Waals surface area contributed by atoms with Crippen molar-refractivity contribution in [3.05, 3.63) is 53.6 Å². The number of amides is 1. The van der Waals surface area contributed by atoms with E-state index in [-0.39, 0.29) is 12.2 Å². The molecule has 0 aliphatic rings. The molecular weight excluding hydrogens is 355 g/mol. The Morgan fingerprint density at radius 1 is 1.04 bits per heavy atom. The number of hydrogen-bond donors (Lipinski definition) is 2. The van der Waals surface area contributed by atoms with Crippen molar-refractivity contribution in [3.8, 4) is 0 Å². The normalized spacial score (nSPS) is 11.2. The summed E-state index contributed by atoms with van der Waals surface area (Å²) in [6.07, 6.45) is -4.52. The second kappa shape index (κ2) is 8.79. The third-order valence-corrected chi connectivity index (χ3v) is 4.28. The highest BCUT2D eigenvalue weighted by Crippen LogP contribution is 2.34. The van der Waals surface area contributed by atoms with Crippen LogP contribution < -0.4 is 15.5 Å². The van der Waals surface area contributed by atoms with Crippen molar-refractivity contribution in [2.24, 2.45) is 0 Å². The van der Waals surface area contributed by atoms with Crippen LogP contribution in [0.5, 0.6) is 0 Å². The number of carbonyl (C=O) groups excluding carboxylic acids is 1. The SMILES string of the molecule is CCN(CC)c1ccc(NCC(=O)Nc2ccccc2C(F)(F)F)c(C)c1. The topological polar surface area (TPSA) is 44.4 Å². The molecule has 0 unspecified atom stereocenters. The molecule has 0 heterocycles. The maximum Gasteiger partial charge on any atom is 0.418 e. The maximum absolute atomic E-state index is 13.0. The molecule has 0 saturated carbocycles. The minimum absolute atomic E-state index is 0.127. The summed E-state index contributed by atoms with van der Waals surface area (Å²) in [6, 6.07) is 10.8. The van der Waals surface area contributed by atoms with E-state index < -0.39 is 17.6 Å². The van der Waals surface area contributed by atoms with Crippen LogP contribution in [0.4, 0.5) is 30.2 Å². The summed E-state index contributed by atoms with van der Waals surface area (Å²) >= 11 is 0. The fraction of sp³-hybridized carbons (Fsp3) is 0.350. The van der Waals surface area contributed by atoms with E-state index in [0.717, 1.165) is 36.1 Å². The van der Waals surface area contributed by atoms with E-state index in [1.54, 1.807) is 0 Å². The summed E-state index contributed by atoms with van der Waals surface area (Å²) in [4.78, 5) is 14.3. The molecule has 1 amide bonds. The monoisotopic (exact) mass is 379 g/mol. The van der Waals surface area contributed by atoms with Crippen molar-refractivity contribution in [2.45, 2.75) is 26.9 Å². The molecule has 27 heavy (non-hydrogen) atoms. The number of benzene rings is 2. The Bertz CT molecular complexity index is 786. The van der Waals surface area contributed by atoms with Crippen LogP contribution in [-0.4, -0.2) is 25.5 Å². The van der Waals surface area contributed by atoms with Crippen LogP contribution in [0.25, 0.3) is 0 Å². The Kier molecular flexibility index (Phi) is 6.71. The number of alkyl halides is 3. The lowest BCUT2D eigenvalue weighted by Gasteiger charge is -2.22. The highest BCUT2D eigenvalue weighted by atomic mass is 19.4. The molecule has 0 radical (unpaired) electrons. The number of para-hydroxylation sites is 1. The number of aryl methyl sites for hydroxylation is 1. The summed E-state index contributed by atoms with van der Waals surface area (Å²) in [6.45, 7) is 7.74. The van der Waals surface area contributed by atoms with Crippen molar-refractivity contribution in [3.63, 3.8) is 0 Å². The van der Waals surface area contributed by atoms with Gasteiger partial charge in [0.2, 0.25) is 5.91 Å². The lowest BCUT2D eigenvalue weighted by molar-refractivity contribution is -0.137. The van der Waals surface area contributed by atoms with Crippen LogP contribution in [0.3, 0.4) is 0 Å². The number of rotatable bonds is 7. The quantitative estimate of drug-likeness (QED) is 0.718. The van der Waals surface area contributed by atoms with Gasteiger partial charge in [0.05, 0.1) is 17.8 Å². The molecule has 2 rings (SSSR count). The van der Waals surface area contributed by atoms with Crippen LogP contribution in [0.2, 0.25) is 0 Å². The minimum atomic E-state index is -4.52. The zero-order chi connectivity index (χ0) is 20.0. The number of carbonyl (C=O) groups is 1. The van der Waals surface area contributed by atoms with E-state index in [1.165, 1.54) is 18.2 Å². The Morgan fingerprint density at radius 3 is 2.30 bits per heavy atom. The average Bonchev–Trinajstić information content (AvgIpc) is 2.61. The molecule has 4 nitrogen and oxygen atoms in total. The summed E-state index contributed by atoms with van der Waals surface area (Å²) in [5.41, 5.74) is 1.71. The van der Waals surface area contributed by atoms with Gasteiger partial charge in [-0.15, -0.1) is 0 Å². The number of hydrogen-bond acceptors (Lipinski definition) is 3. The summed E-state index contributed by atoms with van der Waals surface area (Å²) in [5.74, 6) is -0.543. The molecule has 0 saturated heterocycles. The Labute approximate surface area is 157 Å². The molecule has 0 spiro atoms. The maximum atomic E-state index is 13.0. The molecular formula is C20H24F3N3O. The van der Waals surface area contributed by atoms with E-state index in [1.807, 2.05) is 25.1 Å². The molecule has 2 N–H and O–H groups in total. The first-order valence-corrected chi connectivity index (χ1v) is 8.81. The van der Waals surface area contributed by atoms with Gasteiger partial charge in [-0.25, -0.2) is 0 Å². The summed E-state index contributed by atoms with van der Waals surface area (Å²) in [7, 11) is 0. The Balaban J connectivity index is 2.03. The van der Waals surface area contributed by atoms with Gasteiger partial charge in [0.25, 0.3) is 0 Å². The van der Waals surface area contributed by atoms with Gasteiger partial charge in [0.1, 0.15) is 0 Å². The van der Waals surface area contributed by atoms with Crippen LogP contribution in [-0.2, 0) is 11.0 Å². The zero-order valence-corrected chi connectivity index (χ0v) is 15.7. The van der Waals surface area contributed by atoms with Gasteiger partial charge >= 0.3 is 6.18 Å². The lowest BCUT2D eigenvalue weighted by Crippen LogP contribution is -2.24. The van der Waals surface area contributed by atoms with Crippen molar-refractivity contribution >= 4 is 23.0 Å². The van der Waals surface area contributed by atoms with Crippen LogP contribution >= 0.6 is 0 Å². The molecule has 0 aliphatic carbocycles. The predicted molar refractivity (Wildman–Crippen MR) is 103 cm³/mol. The van der Waals surface area contributed by atoms with Gasteiger partial charge in [-0.1, -0.05) is 12.1 Å². The van der Waals surface area contributed by atoms with E-state index in [4.69, 9.17) is 0 Å². The van der Waals surface area contributed by atoms with E-state index in [9.17, 15) is 18.0 Å². The zero-order valence-electron chi connectivity index (χ0n) is 15.7. The van der Waals surface area contributed by atoms with Gasteiger partial charge in [0, 0.05) is 24.5 Å². The lowest BCUT2D eigenvalue weighted by atomic mass is 10.1. The van der Waals surface area contributed by atoms with Crippen LogP contribution in [0.15, 0.2) is 42.5 Å². The van der Waals surface area contributed by atoms with Gasteiger partial charge in [0.15, 0.2) is 0 Å². The van der Waals surface area contributed by atoms with E-state index in [2.05, 4.69) is 29.4 Å².